The highest BCUT2D eigenvalue weighted by atomic mass is 127. The van der Waals surface area contributed by atoms with Crippen molar-refractivity contribution in [3.05, 3.63) is 29.3 Å². The third-order valence-corrected chi connectivity index (χ3v) is 2.41. The van der Waals surface area contributed by atoms with E-state index in [0.717, 1.165) is 11.3 Å². The van der Waals surface area contributed by atoms with Crippen LogP contribution in [0, 0.1) is 6.92 Å². The second-order valence-electron chi connectivity index (χ2n) is 2.70. The number of hydrogen-bond donors (Lipinski definition) is 2. The van der Waals surface area contributed by atoms with Crippen LogP contribution in [0.4, 0.5) is 5.69 Å². The van der Waals surface area contributed by atoms with E-state index in [1.165, 1.54) is 0 Å². The largest absolute Gasteiger partial charge is 0.355 e. The van der Waals surface area contributed by atoms with Gasteiger partial charge in [0.1, 0.15) is 0 Å². The number of carbonyl (C=O) groups is 1. The summed E-state index contributed by atoms with van der Waals surface area (Å²) in [5, 5.41) is 2.58. The summed E-state index contributed by atoms with van der Waals surface area (Å²) in [6.07, 6.45) is 0. The number of carbonyl (C=O) groups excluding carboxylic acids is 1. The van der Waals surface area contributed by atoms with Gasteiger partial charge in [0.05, 0.1) is 22.9 Å². The maximum Gasteiger partial charge on any atom is 0.251 e. The number of hydrogen-bond acceptors (Lipinski definition) is 2. The molecule has 0 fully saturated rings. The molecule has 13 heavy (non-hydrogen) atoms. The van der Waals surface area contributed by atoms with Gasteiger partial charge in [0, 0.05) is 18.3 Å². The van der Waals surface area contributed by atoms with E-state index in [0.29, 0.717) is 5.56 Å². The van der Waals surface area contributed by atoms with E-state index in [-0.39, 0.29) is 5.91 Å². The SMILES string of the molecule is CNC(=O)c1ccc(C)c(NI)c1. The number of halogens is 1. The zero-order chi connectivity index (χ0) is 9.84. The van der Waals surface area contributed by atoms with Crippen molar-refractivity contribution < 1.29 is 4.79 Å². The Hall–Kier alpha value is -0.780. The molecule has 0 aliphatic heterocycles. The average molecular weight is 290 g/mol. The molecule has 1 amide bonds. The lowest BCUT2D eigenvalue weighted by Gasteiger charge is -2.05. The van der Waals surface area contributed by atoms with Crippen molar-refractivity contribution in [3.8, 4) is 0 Å². The third kappa shape index (κ3) is 2.33. The topological polar surface area (TPSA) is 41.1 Å². The lowest BCUT2D eigenvalue weighted by atomic mass is 10.1. The van der Waals surface area contributed by atoms with E-state index < -0.39 is 0 Å². The van der Waals surface area contributed by atoms with Gasteiger partial charge in [0.15, 0.2) is 0 Å². The number of nitrogens with one attached hydrogen (secondary N) is 2. The minimum Gasteiger partial charge on any atom is -0.355 e. The second kappa shape index (κ2) is 4.45. The highest BCUT2D eigenvalue weighted by Crippen LogP contribution is 2.18. The van der Waals surface area contributed by atoms with Gasteiger partial charge in [0.25, 0.3) is 5.91 Å². The van der Waals surface area contributed by atoms with Gasteiger partial charge in [-0.2, -0.15) is 0 Å². The Morgan fingerprint density at radius 2 is 2.15 bits per heavy atom. The molecule has 0 unspecified atom stereocenters. The number of aryl methyl sites for hydroxylation is 1. The van der Waals surface area contributed by atoms with Crippen molar-refractivity contribution in [2.75, 3.05) is 10.6 Å². The number of benzene rings is 1. The van der Waals surface area contributed by atoms with Crippen molar-refractivity contribution in [2.24, 2.45) is 0 Å². The molecular weight excluding hydrogens is 279 g/mol. The minimum absolute atomic E-state index is 0.0621. The Kier molecular flexibility index (Phi) is 3.53. The molecule has 1 rings (SSSR count). The van der Waals surface area contributed by atoms with Crippen molar-refractivity contribution in [2.45, 2.75) is 6.92 Å². The Morgan fingerprint density at radius 1 is 1.46 bits per heavy atom. The summed E-state index contributed by atoms with van der Waals surface area (Å²) < 4.78 is 3.00. The van der Waals surface area contributed by atoms with Crippen LogP contribution in [0.2, 0.25) is 0 Å². The fourth-order valence-corrected chi connectivity index (χ4v) is 1.59. The molecule has 1 aromatic rings. The second-order valence-corrected chi connectivity index (χ2v) is 3.24. The average Bonchev–Trinajstić information content (AvgIpc) is 2.17. The fourth-order valence-electron chi connectivity index (χ4n) is 1.01. The van der Waals surface area contributed by atoms with Crippen LogP contribution in [0.1, 0.15) is 15.9 Å². The van der Waals surface area contributed by atoms with Crippen molar-refractivity contribution in [1.29, 1.82) is 0 Å². The summed E-state index contributed by atoms with van der Waals surface area (Å²) in [4.78, 5) is 11.3. The van der Waals surface area contributed by atoms with Gasteiger partial charge in [-0.3, -0.25) is 4.79 Å². The van der Waals surface area contributed by atoms with Crippen molar-refractivity contribution >= 4 is 34.5 Å². The van der Waals surface area contributed by atoms with Crippen molar-refractivity contribution in [1.82, 2.24) is 5.32 Å². The quantitative estimate of drug-likeness (QED) is 0.647. The molecule has 0 heterocycles. The normalized spacial score (nSPS) is 9.46. The van der Waals surface area contributed by atoms with Gasteiger partial charge < -0.3 is 8.85 Å². The van der Waals surface area contributed by atoms with Gasteiger partial charge >= 0.3 is 0 Å². The maximum atomic E-state index is 11.3. The molecule has 1 aromatic carbocycles. The molecule has 0 atom stereocenters. The van der Waals surface area contributed by atoms with Crippen LogP contribution in [-0.4, -0.2) is 13.0 Å². The highest BCUT2D eigenvalue weighted by Gasteiger charge is 2.04. The summed E-state index contributed by atoms with van der Waals surface area (Å²) in [6.45, 7) is 1.99. The first-order chi connectivity index (χ1) is 6.19. The number of anilines is 1. The molecule has 70 valence electrons. The first-order valence-corrected chi connectivity index (χ1v) is 4.96. The Morgan fingerprint density at radius 3 is 2.69 bits per heavy atom. The summed E-state index contributed by atoms with van der Waals surface area (Å²) in [5.74, 6) is -0.0621. The van der Waals surface area contributed by atoms with E-state index in [2.05, 4.69) is 8.85 Å². The maximum absolute atomic E-state index is 11.3. The predicted octanol–water partition coefficient (Wildman–Crippen LogP) is 2.12. The molecular formula is C9H11IN2O. The summed E-state index contributed by atoms with van der Waals surface area (Å²) in [6, 6.07) is 5.57. The lowest BCUT2D eigenvalue weighted by molar-refractivity contribution is 0.0963. The summed E-state index contributed by atoms with van der Waals surface area (Å²) >= 11 is 2.05. The number of amides is 1. The van der Waals surface area contributed by atoms with Crippen LogP contribution in [0.25, 0.3) is 0 Å². The van der Waals surface area contributed by atoms with E-state index in [1.54, 1.807) is 7.05 Å². The van der Waals surface area contributed by atoms with Crippen LogP contribution in [0.15, 0.2) is 18.2 Å². The summed E-state index contributed by atoms with van der Waals surface area (Å²) in [7, 11) is 1.62. The van der Waals surface area contributed by atoms with Gasteiger partial charge in [-0.15, -0.1) is 0 Å². The Labute approximate surface area is 91.4 Å². The third-order valence-electron chi connectivity index (χ3n) is 1.83. The van der Waals surface area contributed by atoms with Crippen LogP contribution in [0.5, 0.6) is 0 Å². The minimum atomic E-state index is -0.0621. The molecule has 0 aromatic heterocycles. The van der Waals surface area contributed by atoms with Gasteiger partial charge in [-0.25, -0.2) is 0 Å². The molecule has 0 bridgehead atoms. The zero-order valence-electron chi connectivity index (χ0n) is 7.52. The molecule has 0 saturated carbocycles. The predicted molar refractivity (Wildman–Crippen MR) is 62.2 cm³/mol. The molecule has 3 nitrogen and oxygen atoms in total. The van der Waals surface area contributed by atoms with E-state index in [9.17, 15) is 4.79 Å². The molecule has 0 radical (unpaired) electrons. The number of rotatable bonds is 2. The van der Waals surface area contributed by atoms with Gasteiger partial charge in [-0.1, -0.05) is 6.07 Å². The first-order valence-electron chi connectivity index (χ1n) is 3.88. The smallest absolute Gasteiger partial charge is 0.251 e. The summed E-state index contributed by atoms with van der Waals surface area (Å²) in [5.41, 5.74) is 2.77. The molecule has 0 spiro atoms. The van der Waals surface area contributed by atoms with E-state index in [1.807, 2.05) is 48.0 Å². The van der Waals surface area contributed by atoms with E-state index in [4.69, 9.17) is 0 Å². The van der Waals surface area contributed by atoms with Crippen LogP contribution < -0.4 is 8.85 Å². The Balaban J connectivity index is 3.06. The van der Waals surface area contributed by atoms with E-state index >= 15 is 0 Å². The van der Waals surface area contributed by atoms with Crippen LogP contribution in [-0.2, 0) is 0 Å². The van der Waals surface area contributed by atoms with Gasteiger partial charge in [-0.05, 0) is 24.6 Å². The molecule has 0 aliphatic carbocycles. The van der Waals surface area contributed by atoms with Crippen molar-refractivity contribution in [3.63, 3.8) is 0 Å². The van der Waals surface area contributed by atoms with Crippen LogP contribution >= 0.6 is 22.9 Å². The van der Waals surface area contributed by atoms with Gasteiger partial charge in [0.2, 0.25) is 0 Å². The molecule has 0 saturated heterocycles. The van der Waals surface area contributed by atoms with Crippen LogP contribution in [0.3, 0.4) is 0 Å². The molecule has 0 aliphatic rings. The lowest BCUT2D eigenvalue weighted by Crippen LogP contribution is -2.17. The standard InChI is InChI=1S/C9H11IN2O/c1-6-3-4-7(9(13)11-2)5-8(6)12-10/h3-5,12H,1-2H3,(H,11,13). The first kappa shape index (κ1) is 10.3. The molecule has 2 N–H and O–H groups in total. The zero-order valence-corrected chi connectivity index (χ0v) is 9.68. The fraction of sp³-hybridized carbons (Fsp3) is 0.222. The molecule has 4 heteroatoms. The monoisotopic (exact) mass is 290 g/mol. The highest BCUT2D eigenvalue weighted by molar-refractivity contribution is 14.1. The Bertz CT molecular complexity index is 325.